The van der Waals surface area contributed by atoms with Gasteiger partial charge in [0, 0.05) is 55.0 Å². The molecule has 0 spiro atoms. The van der Waals surface area contributed by atoms with E-state index in [4.69, 9.17) is 0 Å². The Hall–Kier alpha value is -3.36. The molecule has 34 heavy (non-hydrogen) atoms. The van der Waals surface area contributed by atoms with Crippen LogP contribution in [0.5, 0.6) is 0 Å². The Bertz CT molecular complexity index is 1180. The molecule has 9 heteroatoms. The lowest BCUT2D eigenvalue weighted by atomic mass is 9.76. The number of alkyl halides is 2. The van der Waals surface area contributed by atoms with Gasteiger partial charge in [-0.2, -0.15) is 0 Å². The third-order valence-corrected chi connectivity index (χ3v) is 6.16. The van der Waals surface area contributed by atoms with Crippen molar-refractivity contribution in [2.75, 3.05) is 5.32 Å². The summed E-state index contributed by atoms with van der Waals surface area (Å²) < 4.78 is 42.7. The van der Waals surface area contributed by atoms with Crippen molar-refractivity contribution in [2.45, 2.75) is 57.8 Å². The minimum absolute atomic E-state index is 0.0432. The van der Waals surface area contributed by atoms with Gasteiger partial charge in [-0.3, -0.25) is 14.8 Å². The van der Waals surface area contributed by atoms with Gasteiger partial charge in [0.15, 0.2) is 0 Å². The third kappa shape index (κ3) is 4.93. The summed E-state index contributed by atoms with van der Waals surface area (Å²) in [5, 5.41) is 2.83. The molecule has 2 unspecified atom stereocenters. The van der Waals surface area contributed by atoms with Crippen molar-refractivity contribution in [3.05, 3.63) is 65.9 Å². The number of nitrogens with one attached hydrogen (secondary N) is 1. The summed E-state index contributed by atoms with van der Waals surface area (Å²) in [4.78, 5) is 30.2. The Morgan fingerprint density at radius 2 is 1.85 bits per heavy atom. The van der Waals surface area contributed by atoms with E-state index in [1.165, 1.54) is 36.9 Å². The molecule has 1 amide bonds. The van der Waals surface area contributed by atoms with Crippen LogP contribution in [-0.4, -0.2) is 31.8 Å². The monoisotopic (exact) mass is 469 g/mol. The van der Waals surface area contributed by atoms with Crippen LogP contribution in [0.15, 0.2) is 43.0 Å². The van der Waals surface area contributed by atoms with Gasteiger partial charge in [0.05, 0.1) is 16.9 Å². The maximum absolute atomic E-state index is 14.7. The van der Waals surface area contributed by atoms with Gasteiger partial charge in [0.1, 0.15) is 17.3 Å². The van der Waals surface area contributed by atoms with Crippen molar-refractivity contribution in [1.82, 2.24) is 19.9 Å². The van der Waals surface area contributed by atoms with Crippen LogP contribution < -0.4 is 5.32 Å². The smallest absolute Gasteiger partial charge is 0.258 e. The Balaban J connectivity index is 1.77. The fourth-order valence-corrected chi connectivity index (χ4v) is 4.38. The van der Waals surface area contributed by atoms with Crippen LogP contribution in [-0.2, 0) is 0 Å². The second kappa shape index (κ2) is 9.48. The lowest BCUT2D eigenvalue weighted by molar-refractivity contribution is -0.0558. The van der Waals surface area contributed by atoms with E-state index in [9.17, 15) is 18.0 Å². The maximum atomic E-state index is 14.7. The van der Waals surface area contributed by atoms with Crippen molar-refractivity contribution >= 4 is 11.6 Å². The van der Waals surface area contributed by atoms with Crippen LogP contribution in [0.25, 0.3) is 11.3 Å². The van der Waals surface area contributed by atoms with Crippen LogP contribution in [0, 0.1) is 11.7 Å². The zero-order chi connectivity index (χ0) is 24.5. The van der Waals surface area contributed by atoms with Gasteiger partial charge < -0.3 is 5.32 Å². The summed E-state index contributed by atoms with van der Waals surface area (Å²) in [5.74, 6) is -3.82. The van der Waals surface area contributed by atoms with Crippen LogP contribution in [0.1, 0.15) is 73.7 Å². The van der Waals surface area contributed by atoms with E-state index >= 15 is 0 Å². The van der Waals surface area contributed by atoms with Crippen molar-refractivity contribution in [3.8, 4) is 11.3 Å². The first-order chi connectivity index (χ1) is 16.2. The summed E-state index contributed by atoms with van der Waals surface area (Å²) in [5.41, 5.74) is 1.30. The predicted octanol–water partition coefficient (Wildman–Crippen LogP) is 5.99. The highest BCUT2D eigenvalue weighted by atomic mass is 19.3. The average molecular weight is 470 g/mol. The molecule has 3 aromatic heterocycles. The molecule has 6 nitrogen and oxygen atoms in total. The minimum Gasteiger partial charge on any atom is -0.320 e. The maximum Gasteiger partial charge on any atom is 0.258 e. The van der Waals surface area contributed by atoms with E-state index in [0.29, 0.717) is 17.1 Å². The second-order valence-corrected chi connectivity index (χ2v) is 9.07. The first-order valence-corrected chi connectivity index (χ1v) is 11.3. The number of carbonyl (C=O) groups excluding carboxylic acids is 1. The predicted molar refractivity (Wildman–Crippen MR) is 122 cm³/mol. The van der Waals surface area contributed by atoms with E-state index in [0.717, 1.165) is 0 Å². The van der Waals surface area contributed by atoms with Crippen LogP contribution in [0.2, 0.25) is 0 Å². The standard InChI is InChI=1S/C25H26F3N5O/c1-14(2)23-31-12-16(13-32-23)24(34)33-22-18(20-19(26)5-4-9-29-20)7-10-30-21(22)17-6-8-25(27,28)11-15(17)3/h4-5,7,9-10,12-15,17H,6,8,11H2,1-3H3,(H,33,34). The fourth-order valence-electron chi connectivity index (χ4n) is 4.38. The number of pyridine rings is 2. The summed E-state index contributed by atoms with van der Waals surface area (Å²) in [6.45, 7) is 5.64. The zero-order valence-corrected chi connectivity index (χ0v) is 19.2. The number of rotatable bonds is 5. The van der Waals surface area contributed by atoms with Crippen molar-refractivity contribution in [1.29, 1.82) is 0 Å². The molecule has 4 rings (SSSR count). The SMILES string of the molecule is CC(C)c1ncc(C(=O)Nc2c(-c3ncccc3F)ccnc2C2CCC(F)(F)CC2C)cn1. The van der Waals surface area contributed by atoms with Gasteiger partial charge in [-0.1, -0.05) is 20.8 Å². The Morgan fingerprint density at radius 1 is 1.12 bits per heavy atom. The molecule has 1 fully saturated rings. The normalized spacial score (nSPS) is 19.7. The van der Waals surface area contributed by atoms with Gasteiger partial charge in [-0.15, -0.1) is 0 Å². The average Bonchev–Trinajstić information content (AvgIpc) is 2.79. The van der Waals surface area contributed by atoms with Gasteiger partial charge in [0.2, 0.25) is 5.92 Å². The van der Waals surface area contributed by atoms with Crippen LogP contribution in [0.3, 0.4) is 0 Å². The molecule has 1 aliphatic rings. The second-order valence-electron chi connectivity index (χ2n) is 9.07. The quantitative estimate of drug-likeness (QED) is 0.497. The molecule has 2 atom stereocenters. The van der Waals surface area contributed by atoms with E-state index in [2.05, 4.69) is 25.3 Å². The lowest BCUT2D eigenvalue weighted by Gasteiger charge is -2.34. The summed E-state index contributed by atoms with van der Waals surface area (Å²) in [6, 6.07) is 4.30. The Morgan fingerprint density at radius 3 is 2.50 bits per heavy atom. The van der Waals surface area contributed by atoms with E-state index in [1.807, 2.05) is 13.8 Å². The van der Waals surface area contributed by atoms with Crippen LogP contribution in [0.4, 0.5) is 18.9 Å². The summed E-state index contributed by atoms with van der Waals surface area (Å²) in [7, 11) is 0. The molecule has 1 saturated carbocycles. The number of anilines is 1. The first kappa shape index (κ1) is 23.8. The van der Waals surface area contributed by atoms with Crippen molar-refractivity contribution < 1.29 is 18.0 Å². The number of aromatic nitrogens is 4. The molecule has 0 radical (unpaired) electrons. The summed E-state index contributed by atoms with van der Waals surface area (Å²) >= 11 is 0. The molecule has 1 aliphatic carbocycles. The zero-order valence-electron chi connectivity index (χ0n) is 19.2. The highest BCUT2D eigenvalue weighted by Crippen LogP contribution is 2.47. The first-order valence-electron chi connectivity index (χ1n) is 11.3. The molecule has 1 N–H and O–H groups in total. The van der Waals surface area contributed by atoms with Crippen molar-refractivity contribution in [2.24, 2.45) is 5.92 Å². The van der Waals surface area contributed by atoms with Crippen LogP contribution >= 0.6 is 0 Å². The van der Waals surface area contributed by atoms with Gasteiger partial charge >= 0.3 is 0 Å². The topological polar surface area (TPSA) is 80.7 Å². The molecule has 3 heterocycles. The molecule has 178 valence electrons. The number of carbonyl (C=O) groups is 1. The third-order valence-electron chi connectivity index (χ3n) is 6.16. The van der Waals surface area contributed by atoms with E-state index in [-0.39, 0.29) is 54.0 Å². The molecule has 0 aromatic carbocycles. The molecule has 3 aromatic rings. The number of halogens is 3. The fraction of sp³-hybridized carbons (Fsp3) is 0.400. The molecular weight excluding hydrogens is 443 g/mol. The molecule has 0 aliphatic heterocycles. The van der Waals surface area contributed by atoms with Gasteiger partial charge in [-0.25, -0.2) is 23.1 Å². The van der Waals surface area contributed by atoms with Gasteiger partial charge in [0.25, 0.3) is 5.91 Å². The largest absolute Gasteiger partial charge is 0.320 e. The van der Waals surface area contributed by atoms with Crippen molar-refractivity contribution in [3.63, 3.8) is 0 Å². The number of nitrogens with zero attached hydrogens (tertiary/aromatic N) is 4. The number of hydrogen-bond acceptors (Lipinski definition) is 5. The Kier molecular flexibility index (Phi) is 6.63. The Labute approximate surface area is 196 Å². The highest BCUT2D eigenvalue weighted by molar-refractivity contribution is 6.06. The summed E-state index contributed by atoms with van der Waals surface area (Å²) in [6.07, 6.45) is 5.45. The highest BCUT2D eigenvalue weighted by Gasteiger charge is 2.41. The lowest BCUT2D eigenvalue weighted by Crippen LogP contribution is -2.31. The molecule has 0 bridgehead atoms. The molecule has 0 saturated heterocycles. The van der Waals surface area contributed by atoms with E-state index in [1.54, 1.807) is 13.0 Å². The van der Waals surface area contributed by atoms with Gasteiger partial charge in [-0.05, 0) is 30.5 Å². The molecular formula is C25H26F3N5O. The van der Waals surface area contributed by atoms with E-state index < -0.39 is 17.6 Å². The minimum atomic E-state index is -2.74. The number of hydrogen-bond donors (Lipinski definition) is 1. The number of amides is 1.